The smallest absolute Gasteiger partial charge is 0.317 e. The molecule has 1 aliphatic heterocycles. The predicted octanol–water partition coefficient (Wildman–Crippen LogP) is 2.71. The molecule has 0 aromatic rings. The molecule has 0 aromatic heterocycles. The molecular formula is C16H28N2O3. The van der Waals surface area contributed by atoms with Gasteiger partial charge >= 0.3 is 12.0 Å². The number of hydrogen-bond acceptors (Lipinski definition) is 2. The first-order valence-corrected chi connectivity index (χ1v) is 7.98. The maximum atomic E-state index is 12.1. The van der Waals surface area contributed by atoms with Gasteiger partial charge in [-0.3, -0.25) is 4.79 Å². The van der Waals surface area contributed by atoms with Crippen LogP contribution < -0.4 is 5.32 Å². The van der Waals surface area contributed by atoms with E-state index in [-0.39, 0.29) is 6.03 Å². The number of carbonyl (C=O) groups excluding carboxylic acids is 1. The number of carboxylic acids is 1. The normalized spacial score (nSPS) is 29.4. The summed E-state index contributed by atoms with van der Waals surface area (Å²) in [6.07, 6.45) is 5.30. The molecule has 0 aromatic carbocycles. The molecule has 1 atom stereocenters. The van der Waals surface area contributed by atoms with Crippen LogP contribution in [0.25, 0.3) is 0 Å². The lowest BCUT2D eigenvalue weighted by molar-refractivity contribution is -0.146. The molecule has 1 unspecified atom stereocenters. The third-order valence-electron chi connectivity index (χ3n) is 5.28. The van der Waals surface area contributed by atoms with Gasteiger partial charge in [-0.2, -0.15) is 0 Å². The maximum absolute atomic E-state index is 12.1. The van der Waals surface area contributed by atoms with Crippen molar-refractivity contribution in [3.63, 3.8) is 0 Å². The second-order valence-electron chi connectivity index (χ2n) is 7.83. The maximum Gasteiger partial charge on any atom is 0.317 e. The van der Waals surface area contributed by atoms with Gasteiger partial charge in [0.2, 0.25) is 0 Å². The van der Waals surface area contributed by atoms with E-state index in [0.717, 1.165) is 6.54 Å². The van der Waals surface area contributed by atoms with Crippen LogP contribution in [0.5, 0.6) is 0 Å². The van der Waals surface area contributed by atoms with E-state index in [1.807, 2.05) is 0 Å². The minimum Gasteiger partial charge on any atom is -0.481 e. The fourth-order valence-electron chi connectivity index (χ4n) is 3.32. The largest absolute Gasteiger partial charge is 0.481 e. The van der Waals surface area contributed by atoms with Crippen LogP contribution in [0, 0.1) is 16.7 Å². The second kappa shape index (κ2) is 5.85. The summed E-state index contributed by atoms with van der Waals surface area (Å²) < 4.78 is 0. The number of carboxylic acid groups (broad SMARTS) is 1. The van der Waals surface area contributed by atoms with Crippen LogP contribution in [0.15, 0.2) is 0 Å². The standard InChI is InChI=1S/C16H28N2O3/c1-15(2)6-4-12(5-7-15)10-17-14(21)18-9-8-16(3,11-18)13(19)20/h12H,4-11H2,1-3H3,(H,17,21)(H,19,20). The molecule has 2 N–H and O–H groups in total. The fraction of sp³-hybridized carbons (Fsp3) is 0.875. The first kappa shape index (κ1) is 16.1. The van der Waals surface area contributed by atoms with E-state index in [9.17, 15) is 14.7 Å². The third kappa shape index (κ3) is 3.89. The monoisotopic (exact) mass is 296 g/mol. The van der Waals surface area contributed by atoms with E-state index in [2.05, 4.69) is 19.2 Å². The summed E-state index contributed by atoms with van der Waals surface area (Å²) in [7, 11) is 0. The number of amides is 2. The van der Waals surface area contributed by atoms with E-state index in [4.69, 9.17) is 0 Å². The highest BCUT2D eigenvalue weighted by atomic mass is 16.4. The Morgan fingerprint density at radius 1 is 1.19 bits per heavy atom. The van der Waals surface area contributed by atoms with Crippen LogP contribution in [-0.4, -0.2) is 41.6 Å². The molecule has 0 spiro atoms. The zero-order valence-corrected chi connectivity index (χ0v) is 13.4. The zero-order chi connectivity index (χ0) is 15.7. The van der Waals surface area contributed by atoms with Crippen LogP contribution in [0.1, 0.15) is 52.9 Å². The van der Waals surface area contributed by atoms with E-state index in [0.29, 0.717) is 30.8 Å². The van der Waals surface area contributed by atoms with Gasteiger partial charge < -0.3 is 15.3 Å². The highest BCUT2D eigenvalue weighted by molar-refractivity contribution is 5.79. The highest BCUT2D eigenvalue weighted by Gasteiger charge is 2.42. The van der Waals surface area contributed by atoms with Crippen molar-refractivity contribution in [2.45, 2.75) is 52.9 Å². The number of nitrogens with one attached hydrogen (secondary N) is 1. The van der Waals surface area contributed by atoms with Crippen molar-refractivity contribution in [2.75, 3.05) is 19.6 Å². The van der Waals surface area contributed by atoms with Crippen LogP contribution >= 0.6 is 0 Å². The Bertz CT molecular complexity index is 412. The SMILES string of the molecule is CC1(C)CCC(CNC(=O)N2CCC(C)(C(=O)O)C2)CC1. The Kier molecular flexibility index (Phi) is 4.49. The van der Waals surface area contributed by atoms with Gasteiger partial charge in [0, 0.05) is 19.6 Å². The van der Waals surface area contributed by atoms with E-state index >= 15 is 0 Å². The Morgan fingerprint density at radius 2 is 1.81 bits per heavy atom. The predicted molar refractivity (Wildman–Crippen MR) is 81.1 cm³/mol. The molecule has 21 heavy (non-hydrogen) atoms. The molecule has 5 heteroatoms. The van der Waals surface area contributed by atoms with Crippen molar-refractivity contribution in [1.82, 2.24) is 10.2 Å². The average molecular weight is 296 g/mol. The lowest BCUT2D eigenvalue weighted by atomic mass is 9.73. The van der Waals surface area contributed by atoms with Gasteiger partial charge in [0.05, 0.1) is 5.41 Å². The molecule has 1 aliphatic carbocycles. The molecule has 0 bridgehead atoms. The van der Waals surface area contributed by atoms with Gasteiger partial charge in [0.15, 0.2) is 0 Å². The van der Waals surface area contributed by atoms with Crippen LogP contribution in [-0.2, 0) is 4.79 Å². The highest BCUT2D eigenvalue weighted by Crippen LogP contribution is 2.37. The molecule has 1 heterocycles. The van der Waals surface area contributed by atoms with Crippen molar-refractivity contribution >= 4 is 12.0 Å². The van der Waals surface area contributed by atoms with Gasteiger partial charge in [-0.15, -0.1) is 0 Å². The lowest BCUT2D eigenvalue weighted by Crippen LogP contribution is -2.43. The minimum atomic E-state index is -0.813. The Morgan fingerprint density at radius 3 is 2.33 bits per heavy atom. The molecule has 1 saturated carbocycles. The van der Waals surface area contributed by atoms with E-state index < -0.39 is 11.4 Å². The summed E-state index contributed by atoms with van der Waals surface area (Å²) >= 11 is 0. The third-order valence-corrected chi connectivity index (χ3v) is 5.28. The summed E-state index contributed by atoms with van der Waals surface area (Å²) in [4.78, 5) is 25.0. The molecule has 2 aliphatic rings. The summed E-state index contributed by atoms with van der Waals surface area (Å²) in [5.74, 6) is -0.247. The first-order valence-electron chi connectivity index (χ1n) is 7.98. The summed E-state index contributed by atoms with van der Waals surface area (Å²) in [6.45, 7) is 7.89. The van der Waals surface area contributed by atoms with Crippen LogP contribution in [0.3, 0.4) is 0 Å². The molecule has 2 rings (SSSR count). The zero-order valence-electron chi connectivity index (χ0n) is 13.4. The first-order chi connectivity index (χ1) is 9.72. The molecule has 5 nitrogen and oxygen atoms in total. The van der Waals surface area contributed by atoms with Gasteiger partial charge in [-0.05, 0) is 50.4 Å². The van der Waals surface area contributed by atoms with Crippen molar-refractivity contribution < 1.29 is 14.7 Å². The second-order valence-corrected chi connectivity index (χ2v) is 7.83. The molecule has 2 fully saturated rings. The lowest BCUT2D eigenvalue weighted by Gasteiger charge is -2.34. The van der Waals surface area contributed by atoms with Gasteiger partial charge in [-0.25, -0.2) is 4.79 Å². The number of likely N-dealkylation sites (tertiary alicyclic amines) is 1. The van der Waals surface area contributed by atoms with Crippen molar-refractivity contribution in [3.8, 4) is 0 Å². The molecule has 120 valence electrons. The van der Waals surface area contributed by atoms with E-state index in [1.54, 1.807) is 11.8 Å². The Hall–Kier alpha value is -1.26. The van der Waals surface area contributed by atoms with Gasteiger partial charge in [0.1, 0.15) is 0 Å². The number of hydrogen-bond donors (Lipinski definition) is 2. The molecular weight excluding hydrogens is 268 g/mol. The minimum absolute atomic E-state index is 0.107. The molecule has 2 amide bonds. The number of aliphatic carboxylic acids is 1. The Balaban J connectivity index is 1.75. The van der Waals surface area contributed by atoms with Crippen LogP contribution in [0.2, 0.25) is 0 Å². The van der Waals surface area contributed by atoms with Crippen molar-refractivity contribution in [2.24, 2.45) is 16.7 Å². The van der Waals surface area contributed by atoms with Gasteiger partial charge in [0.25, 0.3) is 0 Å². The number of nitrogens with zero attached hydrogens (tertiary/aromatic N) is 1. The topological polar surface area (TPSA) is 69.6 Å². The molecule has 1 saturated heterocycles. The number of rotatable bonds is 3. The van der Waals surface area contributed by atoms with Crippen molar-refractivity contribution in [3.05, 3.63) is 0 Å². The van der Waals surface area contributed by atoms with Crippen molar-refractivity contribution in [1.29, 1.82) is 0 Å². The Labute approximate surface area is 127 Å². The number of urea groups is 1. The summed E-state index contributed by atoms with van der Waals surface area (Å²) in [5, 5.41) is 12.2. The average Bonchev–Trinajstić information content (AvgIpc) is 2.81. The van der Waals surface area contributed by atoms with Gasteiger partial charge in [-0.1, -0.05) is 13.8 Å². The number of carbonyl (C=O) groups is 2. The van der Waals surface area contributed by atoms with E-state index in [1.165, 1.54) is 25.7 Å². The van der Waals surface area contributed by atoms with Crippen LogP contribution in [0.4, 0.5) is 4.79 Å². The molecule has 0 radical (unpaired) electrons. The quantitative estimate of drug-likeness (QED) is 0.841. The summed E-state index contributed by atoms with van der Waals surface area (Å²) in [6, 6.07) is -0.107. The summed E-state index contributed by atoms with van der Waals surface area (Å²) in [5.41, 5.74) is -0.342. The fourth-order valence-corrected chi connectivity index (χ4v) is 3.32.